The molecule has 0 atom stereocenters. The molecule has 1 saturated carbocycles. The van der Waals surface area contributed by atoms with E-state index < -0.39 is 11.6 Å². The third-order valence-electron chi connectivity index (χ3n) is 3.14. The lowest BCUT2D eigenvalue weighted by atomic mass is 9.64. The highest BCUT2D eigenvalue weighted by atomic mass is 79.9. The summed E-state index contributed by atoms with van der Waals surface area (Å²) in [4.78, 5) is 11.1. The molecule has 1 fully saturated rings. The van der Waals surface area contributed by atoms with Gasteiger partial charge in [0.25, 0.3) is 0 Å². The predicted octanol–water partition coefficient (Wildman–Crippen LogP) is 3.33. The number of hydrogen-bond acceptors (Lipinski definition) is 1. The molecule has 0 saturated heterocycles. The summed E-state index contributed by atoms with van der Waals surface area (Å²) in [7, 11) is 0. The Morgan fingerprint density at radius 3 is 2.67 bits per heavy atom. The minimum Gasteiger partial charge on any atom is -0.302 e. The molecule has 0 unspecified atom stereocenters. The first-order valence-corrected chi connectivity index (χ1v) is 5.74. The summed E-state index contributed by atoms with van der Waals surface area (Å²) < 4.78 is 13.9. The Labute approximate surface area is 96.8 Å². The largest absolute Gasteiger partial charge is 0.302 e. The Morgan fingerprint density at radius 1 is 1.53 bits per heavy atom. The molecule has 0 radical (unpaired) electrons. The van der Waals surface area contributed by atoms with Crippen molar-refractivity contribution in [2.24, 2.45) is 0 Å². The van der Waals surface area contributed by atoms with Gasteiger partial charge in [0.2, 0.25) is 0 Å². The van der Waals surface area contributed by atoms with Crippen LogP contribution < -0.4 is 0 Å². The molecule has 1 aliphatic carbocycles. The number of carbonyl (C=O) groups excluding carboxylic acids is 1. The quantitative estimate of drug-likeness (QED) is 0.754. The summed E-state index contributed by atoms with van der Waals surface area (Å²) in [6.45, 7) is 1.99. The van der Waals surface area contributed by atoms with Crippen LogP contribution in [0, 0.1) is 6.92 Å². The minimum atomic E-state index is -0.824. The van der Waals surface area contributed by atoms with Crippen LogP contribution in [0.5, 0.6) is 0 Å². The summed E-state index contributed by atoms with van der Waals surface area (Å²) in [5, 5.41) is 0. The highest BCUT2D eigenvalue weighted by Gasteiger charge is 2.46. The van der Waals surface area contributed by atoms with Gasteiger partial charge in [-0.15, -0.1) is 0 Å². The summed E-state index contributed by atoms with van der Waals surface area (Å²) in [5.41, 5.74) is 1.47. The molecule has 2 rings (SSSR count). The second-order valence-electron chi connectivity index (χ2n) is 4.24. The maximum absolute atomic E-state index is 12.9. The van der Waals surface area contributed by atoms with E-state index in [0.717, 1.165) is 21.9 Å². The Bertz CT molecular complexity index is 397. The van der Waals surface area contributed by atoms with E-state index in [4.69, 9.17) is 0 Å². The number of benzene rings is 1. The van der Waals surface area contributed by atoms with Gasteiger partial charge in [-0.3, -0.25) is 0 Å². The fraction of sp³-hybridized carbons (Fsp3) is 0.417. The zero-order valence-corrected chi connectivity index (χ0v) is 10.1. The predicted molar refractivity (Wildman–Crippen MR) is 60.8 cm³/mol. The maximum atomic E-state index is 12.9. The van der Waals surface area contributed by atoms with E-state index in [1.165, 1.54) is 0 Å². The van der Waals surface area contributed by atoms with E-state index in [9.17, 15) is 9.18 Å². The van der Waals surface area contributed by atoms with E-state index in [2.05, 4.69) is 15.9 Å². The first kappa shape index (κ1) is 10.8. The van der Waals surface area contributed by atoms with Crippen molar-refractivity contribution in [1.82, 2.24) is 0 Å². The van der Waals surface area contributed by atoms with Gasteiger partial charge in [0.1, 0.15) is 12.5 Å². The molecule has 80 valence electrons. The molecule has 0 heterocycles. The normalized spacial score (nSPS) is 29.7. The molecular formula is C12H12BrFO. The van der Waals surface area contributed by atoms with E-state index in [0.29, 0.717) is 12.8 Å². The molecule has 1 aliphatic rings. The molecule has 3 heteroatoms. The van der Waals surface area contributed by atoms with Crippen molar-refractivity contribution in [3.63, 3.8) is 0 Å². The minimum absolute atomic E-state index is 0.325. The van der Waals surface area contributed by atoms with E-state index in [1.807, 2.05) is 25.1 Å². The number of carbonyl (C=O) groups is 1. The molecule has 0 N–H and O–H groups in total. The fourth-order valence-electron chi connectivity index (χ4n) is 2.03. The zero-order valence-electron chi connectivity index (χ0n) is 8.47. The second-order valence-corrected chi connectivity index (χ2v) is 5.10. The topological polar surface area (TPSA) is 17.1 Å². The summed E-state index contributed by atoms with van der Waals surface area (Å²) in [6, 6.07) is 5.80. The van der Waals surface area contributed by atoms with E-state index in [1.54, 1.807) is 0 Å². The molecule has 1 aromatic carbocycles. The van der Waals surface area contributed by atoms with Gasteiger partial charge in [-0.2, -0.15) is 0 Å². The van der Waals surface area contributed by atoms with Crippen LogP contribution in [0.4, 0.5) is 4.39 Å². The Morgan fingerprint density at radius 2 is 2.20 bits per heavy atom. The second kappa shape index (κ2) is 3.71. The molecule has 0 aromatic heterocycles. The Kier molecular flexibility index (Phi) is 2.67. The number of halogens is 2. The number of rotatable bonds is 2. The van der Waals surface area contributed by atoms with Gasteiger partial charge in [-0.05, 0) is 37.0 Å². The van der Waals surface area contributed by atoms with Crippen molar-refractivity contribution in [3.8, 4) is 0 Å². The van der Waals surface area contributed by atoms with Crippen LogP contribution in [-0.2, 0) is 10.2 Å². The average molecular weight is 271 g/mol. The van der Waals surface area contributed by atoms with Gasteiger partial charge in [0, 0.05) is 4.47 Å². The summed E-state index contributed by atoms with van der Waals surface area (Å²) in [5.74, 6) is 0. The van der Waals surface area contributed by atoms with Gasteiger partial charge in [-0.25, -0.2) is 4.39 Å². The Hall–Kier alpha value is -0.700. The number of aryl methyl sites for hydroxylation is 1. The van der Waals surface area contributed by atoms with Crippen LogP contribution in [0.1, 0.15) is 24.0 Å². The SMILES string of the molecule is Cc1ccc(C2(C=O)CC(F)C2)cc1Br. The number of hydrogen-bond donors (Lipinski definition) is 0. The average Bonchev–Trinajstić information content (AvgIpc) is 2.17. The first-order valence-electron chi connectivity index (χ1n) is 4.94. The lowest BCUT2D eigenvalue weighted by Crippen LogP contribution is -2.43. The van der Waals surface area contributed by atoms with Gasteiger partial charge in [0.05, 0.1) is 5.41 Å². The van der Waals surface area contributed by atoms with Crippen molar-refractivity contribution in [2.45, 2.75) is 31.4 Å². The smallest absolute Gasteiger partial charge is 0.130 e. The van der Waals surface area contributed by atoms with Crippen molar-refractivity contribution >= 4 is 22.2 Å². The highest BCUT2D eigenvalue weighted by molar-refractivity contribution is 9.10. The zero-order chi connectivity index (χ0) is 11.1. The first-order chi connectivity index (χ1) is 7.07. The highest BCUT2D eigenvalue weighted by Crippen LogP contribution is 2.44. The molecule has 15 heavy (non-hydrogen) atoms. The molecule has 0 bridgehead atoms. The van der Waals surface area contributed by atoms with Crippen molar-refractivity contribution in [2.75, 3.05) is 0 Å². The maximum Gasteiger partial charge on any atom is 0.130 e. The van der Waals surface area contributed by atoms with Gasteiger partial charge in [-0.1, -0.05) is 28.1 Å². The lowest BCUT2D eigenvalue weighted by Gasteiger charge is -2.40. The van der Waals surface area contributed by atoms with Crippen molar-refractivity contribution < 1.29 is 9.18 Å². The van der Waals surface area contributed by atoms with Gasteiger partial charge >= 0.3 is 0 Å². The number of alkyl halides is 1. The number of aldehydes is 1. The Balaban J connectivity index is 2.36. The monoisotopic (exact) mass is 270 g/mol. The van der Waals surface area contributed by atoms with Crippen molar-refractivity contribution in [1.29, 1.82) is 0 Å². The van der Waals surface area contributed by atoms with Gasteiger partial charge in [0.15, 0.2) is 0 Å². The van der Waals surface area contributed by atoms with Crippen LogP contribution in [0.25, 0.3) is 0 Å². The molecule has 0 amide bonds. The standard InChI is InChI=1S/C12H12BrFO/c1-8-2-3-9(4-11(8)13)12(7-15)5-10(14)6-12/h2-4,7,10H,5-6H2,1H3. The molecular weight excluding hydrogens is 259 g/mol. The summed E-state index contributed by atoms with van der Waals surface area (Å²) >= 11 is 3.43. The van der Waals surface area contributed by atoms with Crippen molar-refractivity contribution in [3.05, 3.63) is 33.8 Å². The third kappa shape index (κ3) is 1.73. The van der Waals surface area contributed by atoms with E-state index in [-0.39, 0.29) is 0 Å². The van der Waals surface area contributed by atoms with E-state index >= 15 is 0 Å². The molecule has 0 spiro atoms. The molecule has 1 aromatic rings. The summed E-state index contributed by atoms with van der Waals surface area (Å²) in [6.07, 6.45) is 0.716. The lowest BCUT2D eigenvalue weighted by molar-refractivity contribution is -0.117. The van der Waals surface area contributed by atoms with Crippen LogP contribution in [0.3, 0.4) is 0 Å². The van der Waals surface area contributed by atoms with Crippen LogP contribution in [-0.4, -0.2) is 12.5 Å². The van der Waals surface area contributed by atoms with Gasteiger partial charge < -0.3 is 4.79 Å². The van der Waals surface area contributed by atoms with Crippen LogP contribution in [0.2, 0.25) is 0 Å². The fourth-order valence-corrected chi connectivity index (χ4v) is 2.41. The molecule has 0 aliphatic heterocycles. The van der Waals surface area contributed by atoms with Crippen LogP contribution >= 0.6 is 15.9 Å². The van der Waals surface area contributed by atoms with Crippen LogP contribution in [0.15, 0.2) is 22.7 Å². The molecule has 1 nitrogen and oxygen atoms in total. The third-order valence-corrected chi connectivity index (χ3v) is 4.00.